The number of nitrogens with zero attached hydrogens (tertiary/aromatic N) is 6. The third kappa shape index (κ3) is 3.73. The number of hydrogen-bond donors (Lipinski definition) is 1. The number of halogens is 1. The molecule has 0 spiro atoms. The molecule has 4 aromatic rings. The molecule has 0 saturated carbocycles. The number of aromatic amines is 1. The first-order valence-electron chi connectivity index (χ1n) is 10.4. The zero-order valence-corrected chi connectivity index (χ0v) is 18.3. The van der Waals surface area contributed by atoms with Crippen LogP contribution < -0.4 is 16.1 Å². The van der Waals surface area contributed by atoms with E-state index in [0.29, 0.717) is 47.9 Å². The Morgan fingerprint density at radius 1 is 1.19 bits per heavy atom. The first-order valence-corrected chi connectivity index (χ1v) is 11.2. The summed E-state index contributed by atoms with van der Waals surface area (Å²) in [5, 5.41) is 4.08. The number of thiophene rings is 1. The van der Waals surface area contributed by atoms with Gasteiger partial charge in [-0.25, -0.2) is 9.48 Å². The summed E-state index contributed by atoms with van der Waals surface area (Å²) in [4.78, 5) is 36.7. The average molecular weight is 456 g/mol. The summed E-state index contributed by atoms with van der Waals surface area (Å²) in [6, 6.07) is 7.15. The van der Waals surface area contributed by atoms with Gasteiger partial charge in [-0.1, -0.05) is 0 Å². The standard InChI is InChI=1S/C21H22FN7O2S/c1-2-28-20(30)18-15(24-21(28)31)12-14(32-18)13-26-8-10-27(11-9-26)16-4-5-17(25-19(16)22)29-7-3-6-23-29/h3-7,12H,2,8-11,13H2,1H3,(H,24,31). The zero-order chi connectivity index (χ0) is 22.2. The van der Waals surface area contributed by atoms with Crippen molar-refractivity contribution in [1.82, 2.24) is 29.2 Å². The lowest BCUT2D eigenvalue weighted by atomic mass is 10.2. The lowest BCUT2D eigenvalue weighted by Gasteiger charge is -2.35. The molecule has 0 unspecified atom stereocenters. The number of rotatable bonds is 5. The van der Waals surface area contributed by atoms with E-state index in [9.17, 15) is 14.0 Å². The molecule has 1 aliphatic heterocycles. The van der Waals surface area contributed by atoms with Crippen LogP contribution in [0.2, 0.25) is 0 Å². The number of hydrogen-bond acceptors (Lipinski definition) is 7. The van der Waals surface area contributed by atoms with Gasteiger partial charge in [0.2, 0.25) is 5.95 Å². The van der Waals surface area contributed by atoms with Crippen molar-refractivity contribution < 1.29 is 4.39 Å². The van der Waals surface area contributed by atoms with Crippen molar-refractivity contribution in [3.8, 4) is 5.82 Å². The van der Waals surface area contributed by atoms with Gasteiger partial charge in [0.15, 0.2) is 5.82 Å². The highest BCUT2D eigenvalue weighted by Crippen LogP contribution is 2.24. The highest BCUT2D eigenvalue weighted by Gasteiger charge is 2.22. The molecular formula is C21H22FN7O2S. The summed E-state index contributed by atoms with van der Waals surface area (Å²) in [7, 11) is 0. The van der Waals surface area contributed by atoms with Gasteiger partial charge in [0.05, 0.1) is 11.2 Å². The monoisotopic (exact) mass is 455 g/mol. The van der Waals surface area contributed by atoms with Crippen LogP contribution >= 0.6 is 11.3 Å². The molecule has 0 radical (unpaired) electrons. The fourth-order valence-corrected chi connectivity index (χ4v) is 5.11. The predicted octanol–water partition coefficient (Wildman–Crippen LogP) is 1.81. The second-order valence-electron chi connectivity index (χ2n) is 7.63. The van der Waals surface area contributed by atoms with Crippen LogP contribution in [0.3, 0.4) is 0 Å². The Balaban J connectivity index is 1.27. The van der Waals surface area contributed by atoms with Crippen molar-refractivity contribution in [2.24, 2.45) is 0 Å². The third-order valence-corrected chi connectivity index (χ3v) is 6.78. The number of aromatic nitrogens is 5. The summed E-state index contributed by atoms with van der Waals surface area (Å²) in [6.07, 6.45) is 3.35. The minimum atomic E-state index is -0.507. The van der Waals surface area contributed by atoms with E-state index in [-0.39, 0.29) is 11.2 Å². The van der Waals surface area contributed by atoms with Crippen molar-refractivity contribution in [3.63, 3.8) is 0 Å². The van der Waals surface area contributed by atoms with Crippen LogP contribution in [0.25, 0.3) is 16.0 Å². The Bertz CT molecular complexity index is 1370. The first kappa shape index (κ1) is 20.6. The van der Waals surface area contributed by atoms with Crippen molar-refractivity contribution in [2.45, 2.75) is 20.0 Å². The molecule has 1 N–H and O–H groups in total. The van der Waals surface area contributed by atoms with Crippen molar-refractivity contribution >= 4 is 27.2 Å². The van der Waals surface area contributed by atoms with E-state index in [2.05, 4.69) is 20.0 Å². The van der Waals surface area contributed by atoms with E-state index >= 15 is 0 Å². The lowest BCUT2D eigenvalue weighted by molar-refractivity contribution is 0.251. The van der Waals surface area contributed by atoms with Gasteiger partial charge in [0, 0.05) is 56.5 Å². The Kier molecular flexibility index (Phi) is 5.35. The smallest absolute Gasteiger partial charge is 0.328 e. The number of nitrogens with one attached hydrogen (secondary N) is 1. The summed E-state index contributed by atoms with van der Waals surface area (Å²) >= 11 is 1.42. The zero-order valence-electron chi connectivity index (χ0n) is 17.5. The fraction of sp³-hybridized carbons (Fsp3) is 0.333. The molecule has 1 aliphatic rings. The Morgan fingerprint density at radius 2 is 2.00 bits per heavy atom. The van der Waals surface area contributed by atoms with Crippen molar-refractivity contribution in [3.05, 3.63) is 68.3 Å². The molecular weight excluding hydrogens is 433 g/mol. The molecule has 0 atom stereocenters. The highest BCUT2D eigenvalue weighted by molar-refractivity contribution is 7.18. The number of fused-ring (bicyclic) bond motifs is 1. The molecule has 0 bridgehead atoms. The highest BCUT2D eigenvalue weighted by atomic mass is 32.1. The van der Waals surface area contributed by atoms with Crippen LogP contribution in [0, 0.1) is 5.95 Å². The molecule has 9 nitrogen and oxygen atoms in total. The van der Waals surface area contributed by atoms with Crippen LogP contribution in [-0.2, 0) is 13.1 Å². The Hall–Kier alpha value is -3.31. The summed E-state index contributed by atoms with van der Waals surface area (Å²) in [5.74, 6) is -0.0630. The maximum Gasteiger partial charge on any atom is 0.328 e. The maximum atomic E-state index is 14.7. The number of anilines is 1. The van der Waals surface area contributed by atoms with Crippen LogP contribution in [-0.4, -0.2) is 55.4 Å². The van der Waals surface area contributed by atoms with E-state index in [1.165, 1.54) is 20.6 Å². The predicted molar refractivity (Wildman–Crippen MR) is 121 cm³/mol. The third-order valence-electron chi connectivity index (χ3n) is 5.67. The van der Waals surface area contributed by atoms with Gasteiger partial charge in [-0.2, -0.15) is 14.5 Å². The summed E-state index contributed by atoms with van der Waals surface area (Å²) in [6.45, 7) is 5.65. The first-order chi connectivity index (χ1) is 15.5. The molecule has 4 aromatic heterocycles. The normalized spacial score (nSPS) is 15.0. The average Bonchev–Trinajstić information content (AvgIpc) is 3.45. The second-order valence-corrected chi connectivity index (χ2v) is 8.77. The molecule has 5 heterocycles. The van der Waals surface area contributed by atoms with Crippen LogP contribution in [0.1, 0.15) is 11.8 Å². The van der Waals surface area contributed by atoms with Gasteiger partial charge < -0.3 is 9.88 Å². The van der Waals surface area contributed by atoms with Crippen molar-refractivity contribution in [1.29, 1.82) is 0 Å². The molecule has 11 heteroatoms. The molecule has 1 saturated heterocycles. The van der Waals surface area contributed by atoms with E-state index < -0.39 is 5.95 Å². The van der Waals surface area contributed by atoms with E-state index in [1.807, 2.05) is 11.0 Å². The van der Waals surface area contributed by atoms with Crippen molar-refractivity contribution in [2.75, 3.05) is 31.1 Å². The van der Waals surface area contributed by atoms with Crippen LogP contribution in [0.4, 0.5) is 10.1 Å². The number of piperazine rings is 1. The van der Waals surface area contributed by atoms with Gasteiger partial charge in [0.1, 0.15) is 4.70 Å². The second kappa shape index (κ2) is 8.32. The van der Waals surface area contributed by atoms with Gasteiger partial charge in [-0.15, -0.1) is 11.3 Å². The van der Waals surface area contributed by atoms with Gasteiger partial charge in [-0.05, 0) is 31.2 Å². The molecule has 0 aliphatic carbocycles. The van der Waals surface area contributed by atoms with Gasteiger partial charge in [-0.3, -0.25) is 14.3 Å². The minimum Gasteiger partial charge on any atom is -0.365 e. The van der Waals surface area contributed by atoms with E-state index in [0.717, 1.165) is 18.0 Å². The SMILES string of the molecule is CCn1c(=O)[nH]c2cc(CN3CCN(c4ccc(-n5cccn5)nc4F)CC3)sc2c1=O. The van der Waals surface area contributed by atoms with E-state index in [4.69, 9.17) is 0 Å². The largest absolute Gasteiger partial charge is 0.365 e. The molecule has 32 heavy (non-hydrogen) atoms. The van der Waals surface area contributed by atoms with E-state index in [1.54, 1.807) is 37.5 Å². The molecule has 0 amide bonds. The number of H-pyrrole nitrogens is 1. The quantitative estimate of drug-likeness (QED) is 0.462. The molecule has 1 fully saturated rings. The van der Waals surface area contributed by atoms with Crippen LogP contribution in [0.5, 0.6) is 0 Å². The van der Waals surface area contributed by atoms with Crippen LogP contribution in [0.15, 0.2) is 46.2 Å². The summed E-state index contributed by atoms with van der Waals surface area (Å²) < 4.78 is 18.0. The number of pyridine rings is 1. The minimum absolute atomic E-state index is 0.242. The molecule has 166 valence electrons. The lowest BCUT2D eigenvalue weighted by Crippen LogP contribution is -2.46. The van der Waals surface area contributed by atoms with Gasteiger partial charge >= 0.3 is 5.69 Å². The Morgan fingerprint density at radius 3 is 2.69 bits per heavy atom. The summed E-state index contributed by atoms with van der Waals surface area (Å²) in [5.41, 5.74) is 0.458. The Labute approximate surface area is 186 Å². The van der Waals surface area contributed by atoms with Gasteiger partial charge in [0.25, 0.3) is 5.56 Å². The maximum absolute atomic E-state index is 14.7. The topological polar surface area (TPSA) is 92.1 Å². The molecule has 0 aromatic carbocycles. The fourth-order valence-electron chi connectivity index (χ4n) is 4.01. The molecule has 5 rings (SSSR count).